The van der Waals surface area contributed by atoms with E-state index in [-0.39, 0.29) is 5.91 Å². The van der Waals surface area contributed by atoms with E-state index in [1.54, 1.807) is 0 Å². The largest absolute Gasteiger partial charge is 0.381 e. The zero-order valence-corrected chi connectivity index (χ0v) is 14.3. The highest BCUT2D eigenvalue weighted by Crippen LogP contribution is 2.27. The molecule has 1 saturated heterocycles. The molecule has 1 aromatic carbocycles. The summed E-state index contributed by atoms with van der Waals surface area (Å²) in [6.07, 6.45) is 4.33. The van der Waals surface area contributed by atoms with Gasteiger partial charge in [-0.15, -0.1) is 0 Å². The fourth-order valence-corrected chi connectivity index (χ4v) is 3.54. The van der Waals surface area contributed by atoms with Crippen molar-refractivity contribution in [1.82, 2.24) is 14.8 Å². The van der Waals surface area contributed by atoms with Crippen LogP contribution in [-0.2, 0) is 23.0 Å². The van der Waals surface area contributed by atoms with Crippen LogP contribution in [0.25, 0.3) is 10.9 Å². The molecule has 2 aromatic heterocycles. The first-order valence-corrected chi connectivity index (χ1v) is 8.66. The molecule has 2 N–H and O–H groups in total. The molecule has 0 aliphatic carbocycles. The first-order valence-electron chi connectivity index (χ1n) is 8.66. The summed E-state index contributed by atoms with van der Waals surface area (Å²) in [5.41, 5.74) is 3.23. The van der Waals surface area contributed by atoms with Crippen LogP contribution in [0.4, 0.5) is 5.82 Å². The van der Waals surface area contributed by atoms with Crippen molar-refractivity contribution in [2.75, 3.05) is 18.5 Å². The van der Waals surface area contributed by atoms with E-state index in [0.717, 1.165) is 48.2 Å². The fourth-order valence-electron chi connectivity index (χ4n) is 3.54. The highest BCUT2D eigenvalue weighted by molar-refractivity contribution is 5.95. The van der Waals surface area contributed by atoms with Crippen LogP contribution in [0.1, 0.15) is 30.0 Å². The average Bonchev–Trinajstić information content (AvgIpc) is 3.21. The Morgan fingerprint density at radius 1 is 1.36 bits per heavy atom. The second-order valence-corrected chi connectivity index (χ2v) is 6.60. The third-order valence-electron chi connectivity index (χ3n) is 4.86. The van der Waals surface area contributed by atoms with Gasteiger partial charge >= 0.3 is 0 Å². The average molecular weight is 338 g/mol. The zero-order valence-electron chi connectivity index (χ0n) is 14.3. The Hall–Kier alpha value is -2.60. The number of carbonyl (C=O) groups excluding carboxylic acids is 1. The van der Waals surface area contributed by atoms with Crippen LogP contribution in [-0.4, -0.2) is 33.9 Å². The van der Waals surface area contributed by atoms with Crippen LogP contribution >= 0.6 is 0 Å². The van der Waals surface area contributed by atoms with Gasteiger partial charge in [-0.2, -0.15) is 5.10 Å². The van der Waals surface area contributed by atoms with Gasteiger partial charge in [0.2, 0.25) is 5.91 Å². The second kappa shape index (κ2) is 6.72. The van der Waals surface area contributed by atoms with E-state index < -0.39 is 0 Å². The molecule has 6 nitrogen and oxygen atoms in total. The number of ether oxygens (including phenoxy) is 1. The van der Waals surface area contributed by atoms with E-state index in [4.69, 9.17) is 4.74 Å². The number of carbonyl (C=O) groups is 1. The summed E-state index contributed by atoms with van der Waals surface area (Å²) in [5.74, 6) is 0.970. The molecule has 3 heterocycles. The van der Waals surface area contributed by atoms with Gasteiger partial charge in [-0.25, -0.2) is 0 Å². The molecule has 0 saturated carbocycles. The minimum atomic E-state index is -0.0543. The number of rotatable bonds is 4. The number of benzene rings is 1. The van der Waals surface area contributed by atoms with Crippen molar-refractivity contribution in [3.63, 3.8) is 0 Å². The van der Waals surface area contributed by atoms with Crippen LogP contribution in [0, 0.1) is 0 Å². The molecule has 1 fully saturated rings. The number of amides is 1. The number of aromatic amines is 1. The first-order chi connectivity index (χ1) is 12.2. The Labute approximate surface area is 146 Å². The lowest BCUT2D eigenvalue weighted by Crippen LogP contribution is -2.15. The van der Waals surface area contributed by atoms with Crippen molar-refractivity contribution in [3.05, 3.63) is 47.8 Å². The molecule has 1 aliphatic heterocycles. The molecule has 3 aromatic rings. The molecule has 0 bridgehead atoms. The van der Waals surface area contributed by atoms with Crippen molar-refractivity contribution < 1.29 is 9.53 Å². The number of hydrogen-bond donors (Lipinski definition) is 2. The zero-order chi connectivity index (χ0) is 17.2. The van der Waals surface area contributed by atoms with Crippen LogP contribution in [0.5, 0.6) is 0 Å². The molecule has 0 radical (unpaired) electrons. The molecule has 1 amide bonds. The predicted molar refractivity (Wildman–Crippen MR) is 96.6 cm³/mol. The molecule has 0 atom stereocenters. The highest BCUT2D eigenvalue weighted by atomic mass is 16.5. The van der Waals surface area contributed by atoms with Gasteiger partial charge in [-0.3, -0.25) is 9.89 Å². The van der Waals surface area contributed by atoms with E-state index in [1.165, 1.54) is 0 Å². The predicted octanol–water partition coefficient (Wildman–Crippen LogP) is 2.98. The number of anilines is 1. The van der Waals surface area contributed by atoms with Gasteiger partial charge < -0.3 is 14.6 Å². The van der Waals surface area contributed by atoms with Crippen molar-refractivity contribution in [2.45, 2.75) is 25.2 Å². The minimum Gasteiger partial charge on any atom is -0.381 e. The molecule has 6 heteroatoms. The van der Waals surface area contributed by atoms with E-state index >= 15 is 0 Å². The normalized spacial score (nSPS) is 15.6. The second-order valence-electron chi connectivity index (χ2n) is 6.60. The molecular formula is C19H22N4O2. The van der Waals surface area contributed by atoms with Crippen molar-refractivity contribution in [2.24, 2.45) is 7.05 Å². The van der Waals surface area contributed by atoms with Gasteiger partial charge in [0.15, 0.2) is 5.82 Å². The Bertz CT molecular complexity index is 890. The Balaban J connectivity index is 1.44. The summed E-state index contributed by atoms with van der Waals surface area (Å²) in [7, 11) is 2.00. The topological polar surface area (TPSA) is 71.9 Å². The standard InChI is InChI=1S/C19H22N4O2/c1-23-12-14(15-4-2-3-5-17(15)23)10-19(24)20-18-11-16(21-22-18)13-6-8-25-9-7-13/h2-5,11-13H,6-10H2,1H3,(H2,20,21,22,24). The van der Waals surface area contributed by atoms with Gasteiger partial charge in [-0.1, -0.05) is 18.2 Å². The van der Waals surface area contributed by atoms with Crippen molar-refractivity contribution in [1.29, 1.82) is 0 Å². The van der Waals surface area contributed by atoms with Crippen LogP contribution in [0.3, 0.4) is 0 Å². The number of hydrogen-bond acceptors (Lipinski definition) is 3. The summed E-state index contributed by atoms with van der Waals surface area (Å²) in [6, 6.07) is 10.1. The molecule has 130 valence electrons. The van der Waals surface area contributed by atoms with Crippen LogP contribution in [0.2, 0.25) is 0 Å². The molecule has 1 aliphatic rings. The maximum atomic E-state index is 12.4. The SMILES string of the molecule is Cn1cc(CC(=O)Nc2cc(C3CCOCC3)[nH]n2)c2ccccc21. The Morgan fingerprint density at radius 2 is 2.16 bits per heavy atom. The van der Waals surface area contributed by atoms with Gasteiger partial charge in [0.1, 0.15) is 0 Å². The number of nitrogens with one attached hydrogen (secondary N) is 2. The number of H-pyrrole nitrogens is 1. The number of fused-ring (bicyclic) bond motifs is 1. The van der Waals surface area contributed by atoms with E-state index in [2.05, 4.69) is 32.2 Å². The van der Waals surface area contributed by atoms with E-state index in [0.29, 0.717) is 18.2 Å². The molecular weight excluding hydrogens is 316 g/mol. The fraction of sp³-hybridized carbons (Fsp3) is 0.368. The van der Waals surface area contributed by atoms with Crippen molar-refractivity contribution >= 4 is 22.6 Å². The third-order valence-corrected chi connectivity index (χ3v) is 4.86. The Kier molecular flexibility index (Phi) is 4.28. The lowest BCUT2D eigenvalue weighted by molar-refractivity contribution is -0.115. The Morgan fingerprint density at radius 3 is 3.00 bits per heavy atom. The van der Waals surface area contributed by atoms with E-state index in [1.807, 2.05) is 31.4 Å². The number of para-hydroxylation sites is 1. The molecule has 0 unspecified atom stereocenters. The van der Waals surface area contributed by atoms with Crippen LogP contribution in [0.15, 0.2) is 36.5 Å². The van der Waals surface area contributed by atoms with Gasteiger partial charge in [0.05, 0.1) is 6.42 Å². The third kappa shape index (κ3) is 3.30. The first kappa shape index (κ1) is 15.9. The maximum absolute atomic E-state index is 12.4. The molecule has 0 spiro atoms. The smallest absolute Gasteiger partial charge is 0.230 e. The van der Waals surface area contributed by atoms with Crippen molar-refractivity contribution in [3.8, 4) is 0 Å². The summed E-state index contributed by atoms with van der Waals surface area (Å²) in [4.78, 5) is 12.4. The summed E-state index contributed by atoms with van der Waals surface area (Å²) >= 11 is 0. The summed E-state index contributed by atoms with van der Waals surface area (Å²) in [6.45, 7) is 1.57. The van der Waals surface area contributed by atoms with E-state index in [9.17, 15) is 4.79 Å². The quantitative estimate of drug-likeness (QED) is 0.768. The van der Waals surface area contributed by atoms with Crippen LogP contribution < -0.4 is 5.32 Å². The number of aryl methyl sites for hydroxylation is 1. The highest BCUT2D eigenvalue weighted by Gasteiger charge is 2.19. The maximum Gasteiger partial charge on any atom is 0.230 e. The van der Waals surface area contributed by atoms with Gasteiger partial charge in [0.25, 0.3) is 0 Å². The lowest BCUT2D eigenvalue weighted by atomic mass is 9.97. The molecule has 4 rings (SSSR count). The minimum absolute atomic E-state index is 0.0543. The lowest BCUT2D eigenvalue weighted by Gasteiger charge is -2.20. The molecule has 25 heavy (non-hydrogen) atoms. The summed E-state index contributed by atoms with van der Waals surface area (Å²) < 4.78 is 7.44. The monoisotopic (exact) mass is 338 g/mol. The summed E-state index contributed by atoms with van der Waals surface area (Å²) in [5, 5.41) is 11.3. The van der Waals surface area contributed by atoms with Gasteiger partial charge in [0, 0.05) is 55.0 Å². The van der Waals surface area contributed by atoms with Gasteiger partial charge in [-0.05, 0) is 24.5 Å². The number of nitrogens with zero attached hydrogens (tertiary/aromatic N) is 2. The number of aromatic nitrogens is 3.